The summed E-state index contributed by atoms with van der Waals surface area (Å²) < 4.78 is 8.47. The van der Waals surface area contributed by atoms with Crippen LogP contribution in [0.4, 0.5) is 0 Å². The third-order valence-electron chi connectivity index (χ3n) is 1.29. The first-order chi connectivity index (χ1) is 6.61. The van der Waals surface area contributed by atoms with Crippen LogP contribution in [0.3, 0.4) is 0 Å². The molecule has 14 heavy (non-hydrogen) atoms. The molecule has 0 aromatic heterocycles. The van der Waals surface area contributed by atoms with Crippen molar-refractivity contribution < 1.29 is 24.5 Å². The third kappa shape index (κ3) is 5.42. The van der Waals surface area contributed by atoms with Crippen molar-refractivity contribution in [2.75, 3.05) is 14.2 Å². The maximum Gasteiger partial charge on any atom is 0.636 e. The monoisotopic (exact) mass is 200 g/mol. The molecule has 0 heterocycles. The molecular formula is C8H13BO5. The fraction of sp³-hybridized carbons (Fsp3) is 0.250. The first kappa shape index (κ1) is 12.8. The summed E-state index contributed by atoms with van der Waals surface area (Å²) in [5.41, 5.74) is 0. The van der Waals surface area contributed by atoms with E-state index >= 15 is 0 Å². The topological polar surface area (TPSA) is 79.2 Å². The van der Waals surface area contributed by atoms with Crippen molar-refractivity contribution in [2.45, 2.75) is 0 Å². The number of aromatic hydroxyl groups is 2. The van der Waals surface area contributed by atoms with Gasteiger partial charge in [-0.2, -0.15) is 0 Å². The Kier molecular flexibility index (Phi) is 6.56. The standard InChI is InChI=1S/C6H6O2.C2H7BO3/c7-5-3-1-2-4-6(5)8;1-5-3(4)6-2/h1-4,7-8H;4H,1-2H3. The normalized spacial score (nSPS) is 8.79. The van der Waals surface area contributed by atoms with Gasteiger partial charge in [0.2, 0.25) is 0 Å². The van der Waals surface area contributed by atoms with Crippen LogP contribution in [0.15, 0.2) is 24.3 Å². The lowest BCUT2D eigenvalue weighted by Crippen LogP contribution is -2.17. The minimum absolute atomic E-state index is 0.0764. The highest BCUT2D eigenvalue weighted by Crippen LogP contribution is 2.21. The van der Waals surface area contributed by atoms with Crippen molar-refractivity contribution in [3.63, 3.8) is 0 Å². The summed E-state index contributed by atoms with van der Waals surface area (Å²) in [6.45, 7) is 0. The minimum Gasteiger partial charge on any atom is -0.504 e. The van der Waals surface area contributed by atoms with Crippen LogP contribution in [-0.4, -0.2) is 36.8 Å². The Morgan fingerprint density at radius 1 is 1.00 bits per heavy atom. The molecule has 1 aromatic carbocycles. The van der Waals surface area contributed by atoms with Crippen LogP contribution in [0.5, 0.6) is 11.5 Å². The van der Waals surface area contributed by atoms with Gasteiger partial charge in [0.25, 0.3) is 0 Å². The molecule has 0 saturated carbocycles. The first-order valence-corrected chi connectivity index (χ1v) is 3.82. The molecule has 1 rings (SSSR count). The number of hydrogen-bond donors (Lipinski definition) is 3. The Morgan fingerprint density at radius 3 is 1.50 bits per heavy atom. The molecule has 1 aromatic rings. The fourth-order valence-electron chi connectivity index (χ4n) is 0.560. The number of hydrogen-bond acceptors (Lipinski definition) is 5. The molecule has 5 nitrogen and oxygen atoms in total. The summed E-state index contributed by atoms with van der Waals surface area (Å²) in [4.78, 5) is 0. The number of benzene rings is 1. The van der Waals surface area contributed by atoms with E-state index in [4.69, 9.17) is 15.2 Å². The summed E-state index contributed by atoms with van der Waals surface area (Å²) in [7, 11) is 1.65. The summed E-state index contributed by atoms with van der Waals surface area (Å²) in [6, 6.07) is 6.15. The molecule has 0 atom stereocenters. The van der Waals surface area contributed by atoms with E-state index in [0.29, 0.717) is 0 Å². The van der Waals surface area contributed by atoms with Gasteiger partial charge in [-0.15, -0.1) is 0 Å². The molecule has 0 unspecified atom stereocenters. The summed E-state index contributed by atoms with van der Waals surface area (Å²) >= 11 is 0. The van der Waals surface area contributed by atoms with E-state index in [1.54, 1.807) is 12.1 Å². The number of phenols is 2. The van der Waals surface area contributed by atoms with Crippen LogP contribution >= 0.6 is 0 Å². The highest BCUT2D eigenvalue weighted by Gasteiger charge is 2.06. The zero-order chi connectivity index (χ0) is 11.0. The van der Waals surface area contributed by atoms with Gasteiger partial charge in [0.05, 0.1) is 0 Å². The van der Waals surface area contributed by atoms with Crippen molar-refractivity contribution >= 4 is 7.32 Å². The molecule has 0 amide bonds. The fourth-order valence-corrected chi connectivity index (χ4v) is 0.560. The second-order valence-electron chi connectivity index (χ2n) is 2.27. The number of para-hydroxylation sites is 2. The lowest BCUT2D eigenvalue weighted by atomic mass is 10.3. The molecule has 0 aliphatic heterocycles. The van der Waals surface area contributed by atoms with Crippen molar-refractivity contribution in [1.82, 2.24) is 0 Å². The molecular weight excluding hydrogens is 187 g/mol. The molecule has 0 aliphatic carbocycles. The van der Waals surface area contributed by atoms with Gasteiger partial charge in [-0.3, -0.25) is 0 Å². The van der Waals surface area contributed by atoms with E-state index in [-0.39, 0.29) is 11.5 Å². The Bertz CT molecular complexity index is 230. The second kappa shape index (κ2) is 7.20. The Labute approximate surface area is 82.7 Å². The number of phenolic OH excluding ortho intramolecular Hbond substituents is 2. The second-order valence-corrected chi connectivity index (χ2v) is 2.27. The lowest BCUT2D eigenvalue weighted by Gasteiger charge is -1.94. The zero-order valence-corrected chi connectivity index (χ0v) is 8.04. The van der Waals surface area contributed by atoms with E-state index in [1.165, 1.54) is 26.4 Å². The van der Waals surface area contributed by atoms with Crippen molar-refractivity contribution in [3.05, 3.63) is 24.3 Å². The van der Waals surface area contributed by atoms with Crippen LogP contribution in [0, 0.1) is 0 Å². The first-order valence-electron chi connectivity index (χ1n) is 3.82. The van der Waals surface area contributed by atoms with Gasteiger partial charge >= 0.3 is 7.32 Å². The lowest BCUT2D eigenvalue weighted by molar-refractivity contribution is 0.193. The van der Waals surface area contributed by atoms with Crippen molar-refractivity contribution in [3.8, 4) is 11.5 Å². The summed E-state index contributed by atoms with van der Waals surface area (Å²) in [5, 5.41) is 25.6. The molecule has 6 heteroatoms. The van der Waals surface area contributed by atoms with Gasteiger partial charge in [0.15, 0.2) is 11.5 Å². The molecule has 0 spiro atoms. The molecule has 0 saturated heterocycles. The largest absolute Gasteiger partial charge is 0.636 e. The average molecular weight is 200 g/mol. The van der Waals surface area contributed by atoms with Crippen LogP contribution in [0.25, 0.3) is 0 Å². The maximum atomic E-state index is 8.67. The SMILES string of the molecule is COB(O)OC.Oc1ccccc1O. The predicted octanol–water partition coefficient (Wildman–Crippen LogP) is 0.354. The van der Waals surface area contributed by atoms with Gasteiger partial charge in [0.1, 0.15) is 0 Å². The number of rotatable bonds is 2. The Morgan fingerprint density at radius 2 is 1.36 bits per heavy atom. The predicted molar refractivity (Wildman–Crippen MR) is 51.8 cm³/mol. The Balaban J connectivity index is 0.000000255. The highest BCUT2D eigenvalue weighted by atomic mass is 16.7. The molecule has 0 fully saturated rings. The molecule has 0 bridgehead atoms. The van der Waals surface area contributed by atoms with E-state index in [1.807, 2.05) is 0 Å². The van der Waals surface area contributed by atoms with Crippen molar-refractivity contribution in [1.29, 1.82) is 0 Å². The van der Waals surface area contributed by atoms with Crippen LogP contribution < -0.4 is 0 Å². The van der Waals surface area contributed by atoms with Gasteiger partial charge in [-0.05, 0) is 12.1 Å². The summed E-state index contributed by atoms with van der Waals surface area (Å²) in [6.07, 6.45) is 0. The van der Waals surface area contributed by atoms with Gasteiger partial charge in [-0.1, -0.05) is 12.1 Å². The van der Waals surface area contributed by atoms with E-state index < -0.39 is 7.32 Å². The quantitative estimate of drug-likeness (QED) is 0.474. The minimum atomic E-state index is -1.06. The van der Waals surface area contributed by atoms with E-state index in [0.717, 1.165) is 0 Å². The van der Waals surface area contributed by atoms with Crippen LogP contribution in [-0.2, 0) is 9.31 Å². The zero-order valence-electron chi connectivity index (χ0n) is 8.04. The maximum absolute atomic E-state index is 8.67. The van der Waals surface area contributed by atoms with Crippen molar-refractivity contribution in [2.24, 2.45) is 0 Å². The van der Waals surface area contributed by atoms with Gasteiger partial charge in [-0.25, -0.2) is 0 Å². The average Bonchev–Trinajstić information content (AvgIpc) is 2.22. The van der Waals surface area contributed by atoms with Crippen LogP contribution in [0.2, 0.25) is 0 Å². The van der Waals surface area contributed by atoms with E-state index in [2.05, 4.69) is 9.31 Å². The third-order valence-corrected chi connectivity index (χ3v) is 1.29. The summed E-state index contributed by atoms with van der Waals surface area (Å²) in [5.74, 6) is -0.153. The van der Waals surface area contributed by atoms with Gasteiger partial charge in [0, 0.05) is 14.2 Å². The molecule has 3 N–H and O–H groups in total. The van der Waals surface area contributed by atoms with Crippen LogP contribution in [0.1, 0.15) is 0 Å². The van der Waals surface area contributed by atoms with E-state index in [9.17, 15) is 0 Å². The van der Waals surface area contributed by atoms with Gasteiger partial charge < -0.3 is 24.5 Å². The molecule has 0 aliphatic rings. The molecule has 78 valence electrons. The Hall–Kier alpha value is -1.24. The molecule has 0 radical (unpaired) electrons. The highest BCUT2D eigenvalue weighted by molar-refractivity contribution is 6.34. The smallest absolute Gasteiger partial charge is 0.504 e.